The van der Waals surface area contributed by atoms with Crippen LogP contribution in [0.15, 0.2) is 22.7 Å². The number of rotatable bonds is 3. The van der Waals surface area contributed by atoms with E-state index in [1.807, 2.05) is 0 Å². The van der Waals surface area contributed by atoms with E-state index in [1.54, 1.807) is 12.1 Å². The Hall–Kier alpha value is -0.650. The second kappa shape index (κ2) is 6.83. The van der Waals surface area contributed by atoms with E-state index in [0.717, 1.165) is 0 Å². The number of nitrogens with two attached hydrogens (primary N) is 1. The fraction of sp³-hybridized carbons (Fsp3) is 0.300. The van der Waals surface area contributed by atoms with Crippen molar-refractivity contribution < 1.29 is 13.9 Å². The second-order valence-electron chi connectivity index (χ2n) is 3.07. The van der Waals surface area contributed by atoms with Gasteiger partial charge in [0.05, 0.1) is 7.11 Å². The predicted molar refractivity (Wildman–Crippen MR) is 65.0 cm³/mol. The molecule has 0 aromatic heterocycles. The van der Waals surface area contributed by atoms with Crippen LogP contribution in [0.2, 0.25) is 0 Å². The molecule has 0 heterocycles. The zero-order chi connectivity index (χ0) is 11.4. The summed E-state index contributed by atoms with van der Waals surface area (Å²) in [4.78, 5) is 11.0. The molecule has 0 aliphatic rings. The molecule has 1 aromatic carbocycles. The molecule has 6 heteroatoms. The Balaban J connectivity index is 0.00000225. The summed E-state index contributed by atoms with van der Waals surface area (Å²) in [6.07, 6.45) is 0.131. The van der Waals surface area contributed by atoms with E-state index < -0.39 is 12.0 Å². The van der Waals surface area contributed by atoms with Gasteiger partial charge < -0.3 is 10.5 Å². The van der Waals surface area contributed by atoms with Crippen LogP contribution in [0, 0.1) is 5.82 Å². The first-order valence-electron chi connectivity index (χ1n) is 4.32. The molecule has 0 aliphatic carbocycles. The molecule has 2 N–H and O–H groups in total. The Kier molecular flexibility index (Phi) is 6.55. The third-order valence-corrected chi connectivity index (χ3v) is 2.45. The number of ether oxygens (including phenoxy) is 1. The molecule has 3 nitrogen and oxygen atoms in total. The molecule has 0 radical (unpaired) electrons. The van der Waals surface area contributed by atoms with E-state index in [9.17, 15) is 9.18 Å². The van der Waals surface area contributed by atoms with Crippen LogP contribution in [-0.4, -0.2) is 19.1 Å². The number of carbonyl (C=O) groups is 1. The molecule has 0 bridgehead atoms. The number of benzene rings is 1. The van der Waals surface area contributed by atoms with Crippen LogP contribution in [0.5, 0.6) is 0 Å². The maximum atomic E-state index is 13.3. The number of hydrogen-bond acceptors (Lipinski definition) is 3. The summed E-state index contributed by atoms with van der Waals surface area (Å²) < 4.78 is 18.4. The molecular formula is C10H12BrClFNO2. The van der Waals surface area contributed by atoms with E-state index in [0.29, 0.717) is 10.0 Å². The highest BCUT2D eigenvalue weighted by Gasteiger charge is 2.16. The zero-order valence-electron chi connectivity index (χ0n) is 8.57. The fourth-order valence-corrected chi connectivity index (χ4v) is 1.49. The van der Waals surface area contributed by atoms with Gasteiger partial charge in [0, 0.05) is 10.9 Å². The summed E-state index contributed by atoms with van der Waals surface area (Å²) in [6.45, 7) is 0. The maximum absolute atomic E-state index is 13.3. The lowest BCUT2D eigenvalue weighted by Gasteiger charge is -2.09. The smallest absolute Gasteiger partial charge is 0.322 e. The Bertz CT molecular complexity index is 376. The topological polar surface area (TPSA) is 52.3 Å². The highest BCUT2D eigenvalue weighted by atomic mass is 79.9. The molecule has 1 atom stereocenters. The number of hydrogen-bond donors (Lipinski definition) is 1. The van der Waals surface area contributed by atoms with Crippen molar-refractivity contribution in [2.45, 2.75) is 12.5 Å². The van der Waals surface area contributed by atoms with Gasteiger partial charge >= 0.3 is 5.97 Å². The molecule has 1 aromatic rings. The van der Waals surface area contributed by atoms with Gasteiger partial charge in [-0.3, -0.25) is 4.79 Å². The number of esters is 1. The molecular weight excluding hydrogens is 300 g/mol. The van der Waals surface area contributed by atoms with Gasteiger partial charge in [0.2, 0.25) is 0 Å². The summed E-state index contributed by atoms with van der Waals surface area (Å²) >= 11 is 3.14. The monoisotopic (exact) mass is 311 g/mol. The van der Waals surface area contributed by atoms with Crippen molar-refractivity contribution in [3.05, 3.63) is 34.1 Å². The Labute approximate surface area is 108 Å². The van der Waals surface area contributed by atoms with Gasteiger partial charge in [-0.15, -0.1) is 12.4 Å². The Morgan fingerprint density at radius 1 is 1.62 bits per heavy atom. The minimum atomic E-state index is -0.828. The number of methoxy groups -OCH3 is 1. The predicted octanol–water partition coefficient (Wildman–Crippen LogP) is 2.05. The fourth-order valence-electron chi connectivity index (χ4n) is 1.16. The zero-order valence-corrected chi connectivity index (χ0v) is 11.0. The summed E-state index contributed by atoms with van der Waals surface area (Å²) in [5, 5.41) is 0. The molecule has 0 saturated heterocycles. The molecule has 0 spiro atoms. The highest BCUT2D eigenvalue weighted by Crippen LogP contribution is 2.16. The van der Waals surface area contributed by atoms with Crippen LogP contribution in [0.1, 0.15) is 5.56 Å². The first-order valence-corrected chi connectivity index (χ1v) is 5.11. The minimum Gasteiger partial charge on any atom is -0.468 e. The van der Waals surface area contributed by atoms with Gasteiger partial charge in [-0.1, -0.05) is 22.0 Å². The number of carbonyl (C=O) groups excluding carboxylic acids is 1. The van der Waals surface area contributed by atoms with E-state index >= 15 is 0 Å². The van der Waals surface area contributed by atoms with Gasteiger partial charge in [0.15, 0.2) is 0 Å². The maximum Gasteiger partial charge on any atom is 0.322 e. The van der Waals surface area contributed by atoms with Crippen LogP contribution < -0.4 is 5.73 Å². The third kappa shape index (κ3) is 4.08. The summed E-state index contributed by atoms with van der Waals surface area (Å²) in [5.41, 5.74) is 5.91. The van der Waals surface area contributed by atoms with Gasteiger partial charge in [-0.05, 0) is 17.7 Å². The van der Waals surface area contributed by atoms with Crippen molar-refractivity contribution >= 4 is 34.3 Å². The normalized spacial score (nSPS) is 11.5. The lowest BCUT2D eigenvalue weighted by Crippen LogP contribution is -2.33. The lowest BCUT2D eigenvalue weighted by molar-refractivity contribution is -0.142. The lowest BCUT2D eigenvalue weighted by atomic mass is 10.1. The van der Waals surface area contributed by atoms with Crippen molar-refractivity contribution in [1.29, 1.82) is 0 Å². The third-order valence-electron chi connectivity index (χ3n) is 1.96. The molecule has 0 unspecified atom stereocenters. The molecule has 0 aliphatic heterocycles. The van der Waals surface area contributed by atoms with Crippen LogP contribution in [0.25, 0.3) is 0 Å². The van der Waals surface area contributed by atoms with E-state index in [4.69, 9.17) is 5.73 Å². The van der Waals surface area contributed by atoms with Gasteiger partial charge in [0.25, 0.3) is 0 Å². The van der Waals surface area contributed by atoms with Crippen molar-refractivity contribution in [2.75, 3.05) is 7.11 Å². The van der Waals surface area contributed by atoms with Crippen LogP contribution >= 0.6 is 28.3 Å². The summed E-state index contributed by atoms with van der Waals surface area (Å²) in [5.74, 6) is -0.930. The SMILES string of the molecule is COC(=O)[C@@H](N)Cc1ccc(Br)cc1F.Cl. The van der Waals surface area contributed by atoms with E-state index in [2.05, 4.69) is 20.7 Å². The summed E-state index contributed by atoms with van der Waals surface area (Å²) in [6, 6.07) is 3.79. The largest absolute Gasteiger partial charge is 0.468 e. The first-order chi connectivity index (χ1) is 7.04. The van der Waals surface area contributed by atoms with Gasteiger partial charge in [-0.25, -0.2) is 4.39 Å². The average molecular weight is 313 g/mol. The van der Waals surface area contributed by atoms with Crippen LogP contribution in [0.3, 0.4) is 0 Å². The van der Waals surface area contributed by atoms with Crippen LogP contribution in [0.4, 0.5) is 4.39 Å². The minimum absolute atomic E-state index is 0. The van der Waals surface area contributed by atoms with Gasteiger partial charge in [-0.2, -0.15) is 0 Å². The quantitative estimate of drug-likeness (QED) is 0.869. The van der Waals surface area contributed by atoms with Crippen molar-refractivity contribution in [3.8, 4) is 0 Å². The van der Waals surface area contributed by atoms with Gasteiger partial charge in [0.1, 0.15) is 11.9 Å². The molecule has 0 fully saturated rings. The van der Waals surface area contributed by atoms with Crippen LogP contribution in [-0.2, 0) is 16.0 Å². The highest BCUT2D eigenvalue weighted by molar-refractivity contribution is 9.10. The standard InChI is InChI=1S/C10H11BrFNO2.ClH/c1-15-10(14)9(13)4-6-2-3-7(11)5-8(6)12;/h2-3,5,9H,4,13H2,1H3;1H/t9-;/m0./s1. The Morgan fingerprint density at radius 3 is 2.75 bits per heavy atom. The molecule has 1 rings (SSSR count). The molecule has 0 amide bonds. The van der Waals surface area contributed by atoms with Crippen molar-refractivity contribution in [1.82, 2.24) is 0 Å². The van der Waals surface area contributed by atoms with E-state index in [1.165, 1.54) is 13.2 Å². The molecule has 90 valence electrons. The van der Waals surface area contributed by atoms with E-state index in [-0.39, 0.29) is 24.6 Å². The molecule has 16 heavy (non-hydrogen) atoms. The first kappa shape index (κ1) is 15.3. The second-order valence-corrected chi connectivity index (χ2v) is 3.99. The molecule has 0 saturated carbocycles. The average Bonchev–Trinajstić information content (AvgIpc) is 2.20. The summed E-state index contributed by atoms with van der Waals surface area (Å²) in [7, 11) is 1.25. The Morgan fingerprint density at radius 2 is 2.25 bits per heavy atom. The van der Waals surface area contributed by atoms with Crippen molar-refractivity contribution in [3.63, 3.8) is 0 Å². The number of halogens is 3. The van der Waals surface area contributed by atoms with Crippen molar-refractivity contribution in [2.24, 2.45) is 5.73 Å².